The van der Waals surface area contributed by atoms with Crippen LogP contribution < -0.4 is 4.74 Å². The predicted molar refractivity (Wildman–Crippen MR) is 90.3 cm³/mol. The molecule has 0 amide bonds. The average Bonchev–Trinajstić information content (AvgIpc) is 2.49. The molecule has 0 radical (unpaired) electrons. The van der Waals surface area contributed by atoms with Gasteiger partial charge in [0.05, 0.1) is 18.8 Å². The Labute approximate surface area is 144 Å². The van der Waals surface area contributed by atoms with Gasteiger partial charge in [-0.2, -0.15) is 0 Å². The molecule has 23 heavy (non-hydrogen) atoms. The lowest BCUT2D eigenvalue weighted by Gasteiger charge is -2.20. The largest absolute Gasteiger partial charge is 0.512 e. The number of aliphatic hydroxyl groups excluding tert-OH is 1. The Morgan fingerprint density at radius 3 is 2.65 bits per heavy atom. The van der Waals surface area contributed by atoms with Crippen molar-refractivity contribution in [3.05, 3.63) is 39.8 Å². The number of hydrogen-bond donors (Lipinski definition) is 1. The molecule has 0 aliphatic carbocycles. The SMILES string of the molecule is CCOC(=O)Cc1ccc(F)cc1OC(CC)C/C(Br)=C(\C)O. The van der Waals surface area contributed by atoms with Crippen LogP contribution in [-0.2, 0) is 16.0 Å². The van der Waals surface area contributed by atoms with Gasteiger partial charge in [0.1, 0.15) is 17.7 Å². The van der Waals surface area contributed by atoms with E-state index in [9.17, 15) is 14.3 Å². The first-order chi connectivity index (χ1) is 10.9. The fourth-order valence-electron chi connectivity index (χ4n) is 1.95. The van der Waals surface area contributed by atoms with E-state index in [2.05, 4.69) is 15.9 Å². The second-order valence-electron chi connectivity index (χ2n) is 5.08. The zero-order valence-corrected chi connectivity index (χ0v) is 15.2. The van der Waals surface area contributed by atoms with Crippen LogP contribution >= 0.6 is 15.9 Å². The molecular formula is C17H22BrFO4. The maximum atomic E-state index is 13.5. The number of hydrogen-bond acceptors (Lipinski definition) is 4. The van der Waals surface area contributed by atoms with Crippen molar-refractivity contribution in [1.82, 2.24) is 0 Å². The van der Waals surface area contributed by atoms with Gasteiger partial charge in [0.25, 0.3) is 0 Å². The van der Waals surface area contributed by atoms with Crippen LogP contribution in [0.15, 0.2) is 28.4 Å². The van der Waals surface area contributed by atoms with E-state index in [0.29, 0.717) is 35.2 Å². The summed E-state index contributed by atoms with van der Waals surface area (Å²) in [6, 6.07) is 4.08. The lowest BCUT2D eigenvalue weighted by Crippen LogP contribution is -2.18. The van der Waals surface area contributed by atoms with Gasteiger partial charge in [-0.25, -0.2) is 4.39 Å². The van der Waals surface area contributed by atoms with Crippen molar-refractivity contribution in [2.75, 3.05) is 6.61 Å². The third-order valence-corrected chi connectivity index (χ3v) is 4.12. The number of rotatable bonds is 8. The number of aliphatic hydroxyl groups is 1. The number of esters is 1. The van der Waals surface area contributed by atoms with E-state index in [1.165, 1.54) is 18.2 Å². The molecule has 0 aliphatic heterocycles. The number of halogens is 2. The molecule has 0 fully saturated rings. The zero-order valence-electron chi connectivity index (χ0n) is 13.6. The molecule has 0 aromatic heterocycles. The second kappa shape index (κ2) is 9.55. The summed E-state index contributed by atoms with van der Waals surface area (Å²) in [6.45, 7) is 5.53. The minimum Gasteiger partial charge on any atom is -0.512 e. The van der Waals surface area contributed by atoms with Crippen molar-refractivity contribution < 1.29 is 23.8 Å². The summed E-state index contributed by atoms with van der Waals surface area (Å²) in [6.07, 6.45) is 0.885. The van der Waals surface area contributed by atoms with Gasteiger partial charge in [0, 0.05) is 22.5 Å². The summed E-state index contributed by atoms with van der Waals surface area (Å²) in [4.78, 5) is 11.7. The van der Waals surface area contributed by atoms with Crippen molar-refractivity contribution in [1.29, 1.82) is 0 Å². The molecule has 6 heteroatoms. The molecule has 0 heterocycles. The van der Waals surface area contributed by atoms with Crippen LogP contribution in [0.4, 0.5) is 4.39 Å². The topological polar surface area (TPSA) is 55.8 Å². The van der Waals surface area contributed by atoms with Gasteiger partial charge in [0.2, 0.25) is 0 Å². The Hall–Kier alpha value is -1.56. The number of ether oxygens (including phenoxy) is 2. The standard InChI is InChI=1S/C17H22BrFO4/c1-4-14(10-15(18)11(3)20)23-16-9-13(19)7-6-12(16)8-17(21)22-5-2/h6-7,9,14,20H,4-5,8,10H2,1-3H3/b15-11-. The summed E-state index contributed by atoms with van der Waals surface area (Å²) in [5.41, 5.74) is 0.573. The van der Waals surface area contributed by atoms with Crippen LogP contribution in [0.3, 0.4) is 0 Å². The third kappa shape index (κ3) is 6.60. The summed E-state index contributed by atoms with van der Waals surface area (Å²) >= 11 is 3.29. The summed E-state index contributed by atoms with van der Waals surface area (Å²) in [7, 11) is 0. The Balaban J connectivity index is 2.94. The molecule has 1 rings (SSSR count). The summed E-state index contributed by atoms with van der Waals surface area (Å²) in [5, 5.41) is 9.46. The van der Waals surface area contributed by atoms with Crippen LogP contribution in [0.1, 0.15) is 39.2 Å². The first-order valence-electron chi connectivity index (χ1n) is 7.52. The highest BCUT2D eigenvalue weighted by atomic mass is 79.9. The highest BCUT2D eigenvalue weighted by Gasteiger charge is 2.16. The first-order valence-corrected chi connectivity index (χ1v) is 8.31. The minimum absolute atomic E-state index is 0.0237. The maximum absolute atomic E-state index is 13.5. The molecule has 0 saturated carbocycles. The highest BCUT2D eigenvalue weighted by Crippen LogP contribution is 2.26. The number of allylic oxidation sites excluding steroid dienone is 1. The van der Waals surface area contributed by atoms with Gasteiger partial charge in [-0.05, 0) is 26.3 Å². The number of benzene rings is 1. The monoisotopic (exact) mass is 388 g/mol. The van der Waals surface area contributed by atoms with E-state index in [-0.39, 0.29) is 24.3 Å². The Morgan fingerprint density at radius 2 is 2.09 bits per heavy atom. The lowest BCUT2D eigenvalue weighted by molar-refractivity contribution is -0.142. The third-order valence-electron chi connectivity index (χ3n) is 3.22. The van der Waals surface area contributed by atoms with Crippen molar-refractivity contribution >= 4 is 21.9 Å². The van der Waals surface area contributed by atoms with Crippen molar-refractivity contribution in [2.24, 2.45) is 0 Å². The van der Waals surface area contributed by atoms with Crippen LogP contribution in [0, 0.1) is 5.82 Å². The molecule has 0 bridgehead atoms. The predicted octanol–water partition coefficient (Wildman–Crippen LogP) is 4.66. The van der Waals surface area contributed by atoms with Gasteiger partial charge in [-0.3, -0.25) is 4.79 Å². The molecule has 0 spiro atoms. The molecule has 4 nitrogen and oxygen atoms in total. The maximum Gasteiger partial charge on any atom is 0.310 e. The fourth-order valence-corrected chi connectivity index (χ4v) is 2.31. The van der Waals surface area contributed by atoms with E-state index in [1.54, 1.807) is 13.8 Å². The molecule has 1 unspecified atom stereocenters. The minimum atomic E-state index is -0.435. The molecule has 1 atom stereocenters. The fraction of sp³-hybridized carbons (Fsp3) is 0.471. The van der Waals surface area contributed by atoms with Gasteiger partial charge >= 0.3 is 5.97 Å². The quantitative estimate of drug-likeness (QED) is 0.519. The van der Waals surface area contributed by atoms with E-state index < -0.39 is 5.82 Å². The van der Waals surface area contributed by atoms with Gasteiger partial charge in [0.15, 0.2) is 0 Å². The van der Waals surface area contributed by atoms with E-state index in [0.717, 1.165) is 0 Å². The average molecular weight is 389 g/mol. The molecule has 0 aliphatic rings. The Kier molecular flexibility index (Phi) is 8.09. The molecule has 1 aromatic rings. The molecule has 1 aromatic carbocycles. The smallest absolute Gasteiger partial charge is 0.310 e. The molecule has 1 N–H and O–H groups in total. The summed E-state index contributed by atoms with van der Waals surface area (Å²) in [5.74, 6) is -0.321. The normalized spacial score (nSPS) is 13.3. The van der Waals surface area contributed by atoms with Crippen LogP contribution in [0.2, 0.25) is 0 Å². The van der Waals surface area contributed by atoms with Crippen molar-refractivity contribution in [2.45, 2.75) is 46.1 Å². The first kappa shape index (κ1) is 19.5. The Bertz CT molecular complexity index is 568. The van der Waals surface area contributed by atoms with E-state index >= 15 is 0 Å². The van der Waals surface area contributed by atoms with Crippen molar-refractivity contribution in [3.63, 3.8) is 0 Å². The number of carbonyl (C=O) groups excluding carboxylic acids is 1. The van der Waals surface area contributed by atoms with Gasteiger partial charge in [-0.15, -0.1) is 0 Å². The highest BCUT2D eigenvalue weighted by molar-refractivity contribution is 9.11. The van der Waals surface area contributed by atoms with Crippen LogP contribution in [0.5, 0.6) is 5.75 Å². The van der Waals surface area contributed by atoms with E-state index in [4.69, 9.17) is 9.47 Å². The van der Waals surface area contributed by atoms with E-state index in [1.807, 2.05) is 6.92 Å². The van der Waals surface area contributed by atoms with Crippen LogP contribution in [-0.4, -0.2) is 23.8 Å². The van der Waals surface area contributed by atoms with Crippen LogP contribution in [0.25, 0.3) is 0 Å². The van der Waals surface area contributed by atoms with Crippen molar-refractivity contribution in [3.8, 4) is 5.75 Å². The second-order valence-corrected chi connectivity index (χ2v) is 6.03. The van der Waals surface area contributed by atoms with Gasteiger partial charge in [-0.1, -0.05) is 28.9 Å². The molecular weight excluding hydrogens is 367 g/mol. The summed E-state index contributed by atoms with van der Waals surface area (Å²) < 4.78 is 24.9. The zero-order chi connectivity index (χ0) is 17.4. The van der Waals surface area contributed by atoms with Gasteiger partial charge < -0.3 is 14.6 Å². The Morgan fingerprint density at radius 1 is 1.39 bits per heavy atom. The molecule has 128 valence electrons. The number of carbonyl (C=O) groups is 1. The molecule has 0 saturated heterocycles. The lowest BCUT2D eigenvalue weighted by atomic mass is 10.1.